The van der Waals surface area contributed by atoms with E-state index >= 15 is 0 Å². The standard InChI is InChI=1S/C19H29N3O2S.HI/c1-20-19(21-10-6-14-25-16-7-3-2-4-8-16)22-11-13-24-18(15-22)17-9-5-12-23-17;/h2-4,7-8,17-18H,5-6,9-15H2,1H3,(H,20,21);1H. The van der Waals surface area contributed by atoms with Gasteiger partial charge in [0.1, 0.15) is 6.10 Å². The maximum Gasteiger partial charge on any atom is 0.193 e. The zero-order valence-corrected chi connectivity index (χ0v) is 18.6. The number of ether oxygens (including phenoxy) is 2. The minimum absolute atomic E-state index is 0. The number of benzene rings is 1. The molecule has 26 heavy (non-hydrogen) atoms. The second-order valence-electron chi connectivity index (χ2n) is 6.40. The predicted molar refractivity (Wildman–Crippen MR) is 119 cm³/mol. The minimum Gasteiger partial charge on any atom is -0.375 e. The van der Waals surface area contributed by atoms with Crippen LogP contribution in [0.2, 0.25) is 0 Å². The molecule has 146 valence electrons. The summed E-state index contributed by atoms with van der Waals surface area (Å²) in [7, 11) is 1.86. The van der Waals surface area contributed by atoms with E-state index in [0.717, 1.165) is 63.8 Å². The molecule has 2 aliphatic rings. The molecule has 7 heteroatoms. The topological polar surface area (TPSA) is 46.1 Å². The molecule has 2 atom stereocenters. The van der Waals surface area contributed by atoms with Gasteiger partial charge in [0, 0.05) is 38.2 Å². The first-order valence-electron chi connectivity index (χ1n) is 9.23. The van der Waals surface area contributed by atoms with Crippen molar-refractivity contribution in [1.82, 2.24) is 10.2 Å². The summed E-state index contributed by atoms with van der Waals surface area (Å²) in [6.07, 6.45) is 3.79. The fraction of sp³-hybridized carbons (Fsp3) is 0.632. The van der Waals surface area contributed by atoms with Gasteiger partial charge in [0.25, 0.3) is 0 Å². The summed E-state index contributed by atoms with van der Waals surface area (Å²) in [5.41, 5.74) is 0. The largest absolute Gasteiger partial charge is 0.375 e. The number of nitrogens with one attached hydrogen (secondary N) is 1. The van der Waals surface area contributed by atoms with Crippen molar-refractivity contribution in [2.45, 2.75) is 36.4 Å². The molecule has 1 N–H and O–H groups in total. The van der Waals surface area contributed by atoms with E-state index in [1.54, 1.807) is 0 Å². The fourth-order valence-electron chi connectivity index (χ4n) is 3.30. The van der Waals surface area contributed by atoms with Crippen LogP contribution in [0.4, 0.5) is 0 Å². The first-order chi connectivity index (χ1) is 12.4. The first-order valence-corrected chi connectivity index (χ1v) is 10.2. The van der Waals surface area contributed by atoms with Crippen molar-refractivity contribution in [2.75, 3.05) is 45.6 Å². The molecular formula is C19H30IN3O2S. The lowest BCUT2D eigenvalue weighted by Crippen LogP contribution is -2.53. The molecule has 2 aliphatic heterocycles. The monoisotopic (exact) mass is 491 g/mol. The van der Waals surface area contributed by atoms with E-state index in [1.807, 2.05) is 18.8 Å². The van der Waals surface area contributed by atoms with Gasteiger partial charge in [-0.1, -0.05) is 18.2 Å². The average molecular weight is 491 g/mol. The Morgan fingerprint density at radius 1 is 1.23 bits per heavy atom. The Morgan fingerprint density at radius 3 is 2.77 bits per heavy atom. The second kappa shape index (κ2) is 12.0. The van der Waals surface area contributed by atoms with Gasteiger partial charge in [-0.2, -0.15) is 0 Å². The van der Waals surface area contributed by atoms with Crippen LogP contribution in [-0.4, -0.2) is 68.7 Å². The fourth-order valence-corrected chi connectivity index (χ4v) is 4.17. The maximum atomic E-state index is 5.93. The first kappa shape index (κ1) is 21.8. The van der Waals surface area contributed by atoms with Gasteiger partial charge in [-0.05, 0) is 37.1 Å². The summed E-state index contributed by atoms with van der Waals surface area (Å²) < 4.78 is 11.7. The van der Waals surface area contributed by atoms with Crippen LogP contribution in [-0.2, 0) is 9.47 Å². The quantitative estimate of drug-likeness (QED) is 0.218. The van der Waals surface area contributed by atoms with Gasteiger partial charge in [0.2, 0.25) is 0 Å². The van der Waals surface area contributed by atoms with E-state index in [4.69, 9.17) is 9.47 Å². The Bertz CT molecular complexity index is 541. The molecule has 0 aliphatic carbocycles. The maximum absolute atomic E-state index is 5.93. The van der Waals surface area contributed by atoms with Crippen LogP contribution < -0.4 is 5.32 Å². The molecule has 1 aromatic rings. The van der Waals surface area contributed by atoms with Crippen LogP contribution in [0, 0.1) is 0 Å². The average Bonchev–Trinajstić information content (AvgIpc) is 3.20. The number of halogens is 1. The highest BCUT2D eigenvalue weighted by molar-refractivity contribution is 14.0. The van der Waals surface area contributed by atoms with E-state index in [2.05, 4.69) is 45.5 Å². The lowest BCUT2D eigenvalue weighted by atomic mass is 10.1. The Morgan fingerprint density at radius 2 is 2.04 bits per heavy atom. The van der Waals surface area contributed by atoms with Gasteiger partial charge in [0.05, 0.1) is 12.7 Å². The number of hydrogen-bond acceptors (Lipinski definition) is 4. The molecule has 0 radical (unpaired) electrons. The van der Waals surface area contributed by atoms with Gasteiger partial charge in [0.15, 0.2) is 5.96 Å². The number of nitrogens with zero attached hydrogens (tertiary/aromatic N) is 2. The smallest absolute Gasteiger partial charge is 0.193 e. The highest BCUT2D eigenvalue weighted by Crippen LogP contribution is 2.21. The van der Waals surface area contributed by atoms with Crippen molar-refractivity contribution < 1.29 is 9.47 Å². The lowest BCUT2D eigenvalue weighted by molar-refractivity contribution is -0.0816. The van der Waals surface area contributed by atoms with E-state index in [9.17, 15) is 0 Å². The Hall–Kier alpha value is -0.510. The number of rotatable bonds is 6. The van der Waals surface area contributed by atoms with E-state index in [0.29, 0.717) is 0 Å². The van der Waals surface area contributed by atoms with Crippen molar-refractivity contribution in [3.8, 4) is 0 Å². The van der Waals surface area contributed by atoms with Gasteiger partial charge in [-0.3, -0.25) is 4.99 Å². The van der Waals surface area contributed by atoms with Crippen LogP contribution in [0.3, 0.4) is 0 Å². The molecule has 2 heterocycles. The molecule has 1 aromatic carbocycles. The summed E-state index contributed by atoms with van der Waals surface area (Å²) in [6.45, 7) is 4.31. The third-order valence-electron chi connectivity index (χ3n) is 4.60. The summed E-state index contributed by atoms with van der Waals surface area (Å²) in [5, 5.41) is 3.50. The number of thioether (sulfide) groups is 1. The molecular weight excluding hydrogens is 461 g/mol. The summed E-state index contributed by atoms with van der Waals surface area (Å²) in [6, 6.07) is 10.6. The number of aliphatic imine (C=N–C) groups is 1. The lowest BCUT2D eigenvalue weighted by Gasteiger charge is -2.37. The van der Waals surface area contributed by atoms with Crippen molar-refractivity contribution >= 4 is 41.7 Å². The number of morpholine rings is 1. The molecule has 0 bridgehead atoms. The molecule has 0 amide bonds. The summed E-state index contributed by atoms with van der Waals surface area (Å²) >= 11 is 1.90. The Balaban J connectivity index is 0.00000243. The van der Waals surface area contributed by atoms with Crippen LogP contribution in [0.1, 0.15) is 19.3 Å². The van der Waals surface area contributed by atoms with Crippen LogP contribution in [0.25, 0.3) is 0 Å². The second-order valence-corrected chi connectivity index (χ2v) is 7.56. The molecule has 3 rings (SSSR count). The van der Waals surface area contributed by atoms with Gasteiger partial charge in [-0.25, -0.2) is 0 Å². The van der Waals surface area contributed by atoms with Crippen LogP contribution >= 0.6 is 35.7 Å². The third kappa shape index (κ3) is 6.58. The summed E-state index contributed by atoms with van der Waals surface area (Å²) in [4.78, 5) is 8.10. The highest BCUT2D eigenvalue weighted by Gasteiger charge is 2.32. The Labute approximate surface area is 178 Å². The molecule has 0 saturated carbocycles. The number of guanidine groups is 1. The van der Waals surface area contributed by atoms with Crippen LogP contribution in [0.15, 0.2) is 40.2 Å². The minimum atomic E-state index is 0. The summed E-state index contributed by atoms with van der Waals surface area (Å²) in [5.74, 6) is 2.09. The SMILES string of the molecule is CN=C(NCCCSc1ccccc1)N1CCOC(C2CCCO2)C1.I. The normalized spacial score (nSPS) is 23.6. The van der Waals surface area contributed by atoms with Gasteiger partial charge in [-0.15, -0.1) is 35.7 Å². The number of hydrogen-bond donors (Lipinski definition) is 1. The molecule has 2 saturated heterocycles. The highest BCUT2D eigenvalue weighted by atomic mass is 127. The van der Waals surface area contributed by atoms with Gasteiger partial charge < -0.3 is 19.7 Å². The molecule has 2 unspecified atom stereocenters. The van der Waals surface area contributed by atoms with E-state index < -0.39 is 0 Å². The van der Waals surface area contributed by atoms with Crippen LogP contribution in [0.5, 0.6) is 0 Å². The zero-order chi connectivity index (χ0) is 17.3. The van der Waals surface area contributed by atoms with Crippen molar-refractivity contribution in [3.05, 3.63) is 30.3 Å². The third-order valence-corrected chi connectivity index (χ3v) is 5.70. The zero-order valence-electron chi connectivity index (χ0n) is 15.4. The van der Waals surface area contributed by atoms with Crippen molar-refractivity contribution in [2.24, 2.45) is 4.99 Å². The van der Waals surface area contributed by atoms with Gasteiger partial charge >= 0.3 is 0 Å². The predicted octanol–water partition coefficient (Wildman–Crippen LogP) is 3.24. The Kier molecular flexibility index (Phi) is 10.1. The molecule has 5 nitrogen and oxygen atoms in total. The molecule has 0 spiro atoms. The van der Waals surface area contributed by atoms with E-state index in [1.165, 1.54) is 4.90 Å². The molecule has 2 fully saturated rings. The van der Waals surface area contributed by atoms with Crippen molar-refractivity contribution in [1.29, 1.82) is 0 Å². The van der Waals surface area contributed by atoms with Crippen molar-refractivity contribution in [3.63, 3.8) is 0 Å². The van der Waals surface area contributed by atoms with E-state index in [-0.39, 0.29) is 36.2 Å². The molecule has 0 aromatic heterocycles.